The van der Waals surface area contributed by atoms with Crippen LogP contribution in [0.2, 0.25) is 0 Å². The first-order valence-electron chi connectivity index (χ1n) is 9.39. The second-order valence-electron chi connectivity index (χ2n) is 6.66. The molecular formula is C22H21N5O2. The second kappa shape index (κ2) is 7.71. The van der Waals surface area contributed by atoms with E-state index < -0.39 is 0 Å². The standard InChI is InChI=1S/C22H21N5O2/c1-4-29-15-9-10-18-17(11-15)14(3)23-21(24-18)27-22-25-19(12-20(28)26-22)16-8-6-5-7-13(16)2/h5-12H,4H2,1-3H3,(H2,23,24,25,26,27,28). The minimum absolute atomic E-state index is 0.250. The summed E-state index contributed by atoms with van der Waals surface area (Å²) in [5, 5.41) is 3.94. The van der Waals surface area contributed by atoms with Crippen LogP contribution in [0.15, 0.2) is 53.3 Å². The quantitative estimate of drug-likeness (QED) is 0.535. The highest BCUT2D eigenvalue weighted by atomic mass is 16.5. The van der Waals surface area contributed by atoms with E-state index >= 15 is 0 Å². The maximum atomic E-state index is 12.2. The summed E-state index contributed by atoms with van der Waals surface area (Å²) in [6, 6.07) is 15.0. The molecule has 0 bridgehead atoms. The van der Waals surface area contributed by atoms with Gasteiger partial charge in [0.2, 0.25) is 11.9 Å². The molecule has 0 spiro atoms. The van der Waals surface area contributed by atoms with Gasteiger partial charge in [-0.15, -0.1) is 0 Å². The van der Waals surface area contributed by atoms with Gasteiger partial charge in [0.1, 0.15) is 5.75 Å². The van der Waals surface area contributed by atoms with E-state index in [2.05, 4.69) is 25.3 Å². The van der Waals surface area contributed by atoms with Gasteiger partial charge < -0.3 is 4.74 Å². The summed E-state index contributed by atoms with van der Waals surface area (Å²) >= 11 is 0. The van der Waals surface area contributed by atoms with Gasteiger partial charge in [0, 0.05) is 17.0 Å². The number of anilines is 2. The first kappa shape index (κ1) is 18.6. The van der Waals surface area contributed by atoms with Crippen molar-refractivity contribution in [2.45, 2.75) is 20.8 Å². The zero-order valence-corrected chi connectivity index (χ0v) is 16.5. The molecule has 0 amide bonds. The van der Waals surface area contributed by atoms with Crippen molar-refractivity contribution in [1.82, 2.24) is 19.9 Å². The molecule has 2 aromatic carbocycles. The van der Waals surface area contributed by atoms with E-state index in [4.69, 9.17) is 4.74 Å². The lowest BCUT2D eigenvalue weighted by molar-refractivity contribution is 0.340. The highest BCUT2D eigenvalue weighted by molar-refractivity contribution is 5.83. The smallest absolute Gasteiger partial charge is 0.252 e. The number of rotatable bonds is 5. The summed E-state index contributed by atoms with van der Waals surface area (Å²) in [6.07, 6.45) is 0. The molecular weight excluding hydrogens is 366 g/mol. The van der Waals surface area contributed by atoms with Crippen molar-refractivity contribution in [2.24, 2.45) is 0 Å². The lowest BCUT2D eigenvalue weighted by Gasteiger charge is -2.10. The second-order valence-corrected chi connectivity index (χ2v) is 6.66. The van der Waals surface area contributed by atoms with Crippen molar-refractivity contribution in [3.8, 4) is 17.0 Å². The topological polar surface area (TPSA) is 92.8 Å². The van der Waals surface area contributed by atoms with Gasteiger partial charge in [-0.05, 0) is 44.5 Å². The molecule has 7 heteroatoms. The van der Waals surface area contributed by atoms with E-state index in [9.17, 15) is 4.79 Å². The molecule has 29 heavy (non-hydrogen) atoms. The van der Waals surface area contributed by atoms with Crippen LogP contribution >= 0.6 is 0 Å². The molecule has 4 rings (SSSR count). The van der Waals surface area contributed by atoms with Crippen LogP contribution in [0.4, 0.5) is 11.9 Å². The Kier molecular flexibility index (Phi) is 4.95. The van der Waals surface area contributed by atoms with E-state index in [0.29, 0.717) is 24.2 Å². The summed E-state index contributed by atoms with van der Waals surface area (Å²) in [6.45, 7) is 6.43. The van der Waals surface area contributed by atoms with Crippen LogP contribution in [0.5, 0.6) is 5.75 Å². The normalized spacial score (nSPS) is 10.9. The third-order valence-electron chi connectivity index (χ3n) is 4.56. The van der Waals surface area contributed by atoms with Gasteiger partial charge >= 0.3 is 0 Å². The van der Waals surface area contributed by atoms with E-state index in [1.165, 1.54) is 6.07 Å². The number of benzene rings is 2. The average Bonchev–Trinajstić information content (AvgIpc) is 2.68. The minimum atomic E-state index is -0.250. The number of nitrogens with one attached hydrogen (secondary N) is 2. The Morgan fingerprint density at radius 2 is 1.86 bits per heavy atom. The van der Waals surface area contributed by atoms with Crippen LogP contribution < -0.4 is 15.6 Å². The molecule has 0 radical (unpaired) electrons. The Labute approximate surface area is 167 Å². The number of ether oxygens (including phenoxy) is 1. The minimum Gasteiger partial charge on any atom is -0.494 e. The fourth-order valence-electron chi connectivity index (χ4n) is 3.19. The molecule has 0 aliphatic carbocycles. The molecule has 0 fully saturated rings. The average molecular weight is 387 g/mol. The highest BCUT2D eigenvalue weighted by Gasteiger charge is 2.10. The van der Waals surface area contributed by atoms with Crippen molar-refractivity contribution in [2.75, 3.05) is 11.9 Å². The molecule has 7 nitrogen and oxygen atoms in total. The van der Waals surface area contributed by atoms with Crippen molar-refractivity contribution >= 4 is 22.8 Å². The number of aromatic nitrogens is 4. The van der Waals surface area contributed by atoms with Crippen LogP contribution in [0.3, 0.4) is 0 Å². The number of H-pyrrole nitrogens is 1. The largest absolute Gasteiger partial charge is 0.494 e. The summed E-state index contributed by atoms with van der Waals surface area (Å²) in [4.78, 5) is 28.5. The van der Waals surface area contributed by atoms with Gasteiger partial charge in [0.25, 0.3) is 5.56 Å². The van der Waals surface area contributed by atoms with Gasteiger partial charge in [-0.3, -0.25) is 15.1 Å². The van der Waals surface area contributed by atoms with Crippen molar-refractivity contribution in [3.63, 3.8) is 0 Å². The highest BCUT2D eigenvalue weighted by Crippen LogP contribution is 2.24. The van der Waals surface area contributed by atoms with Crippen molar-refractivity contribution in [3.05, 3.63) is 70.1 Å². The molecule has 146 valence electrons. The molecule has 2 heterocycles. The lowest BCUT2D eigenvalue weighted by Crippen LogP contribution is -2.12. The van der Waals surface area contributed by atoms with Crippen molar-refractivity contribution < 1.29 is 4.74 Å². The van der Waals surface area contributed by atoms with Crippen LogP contribution in [0.1, 0.15) is 18.2 Å². The number of hydrogen-bond acceptors (Lipinski definition) is 6. The zero-order valence-electron chi connectivity index (χ0n) is 16.5. The number of hydrogen-bond donors (Lipinski definition) is 2. The molecule has 0 unspecified atom stereocenters. The monoisotopic (exact) mass is 387 g/mol. The number of aromatic amines is 1. The summed E-state index contributed by atoms with van der Waals surface area (Å²) < 4.78 is 5.55. The van der Waals surface area contributed by atoms with Crippen LogP contribution in [0, 0.1) is 13.8 Å². The van der Waals surface area contributed by atoms with Gasteiger partial charge in [-0.1, -0.05) is 24.3 Å². The van der Waals surface area contributed by atoms with Crippen LogP contribution in [-0.4, -0.2) is 26.5 Å². The first-order valence-corrected chi connectivity index (χ1v) is 9.39. The number of nitrogens with zero attached hydrogens (tertiary/aromatic N) is 3. The number of aryl methyl sites for hydroxylation is 2. The Hall–Kier alpha value is -3.74. The van der Waals surface area contributed by atoms with E-state index in [1.807, 2.05) is 63.2 Å². The lowest BCUT2D eigenvalue weighted by atomic mass is 10.1. The van der Waals surface area contributed by atoms with Gasteiger partial charge in [-0.2, -0.15) is 0 Å². The van der Waals surface area contributed by atoms with E-state index in [1.54, 1.807) is 0 Å². The third-order valence-corrected chi connectivity index (χ3v) is 4.56. The fraction of sp³-hybridized carbons (Fsp3) is 0.182. The predicted octanol–water partition coefficient (Wildman–Crippen LogP) is 4.14. The van der Waals surface area contributed by atoms with Gasteiger partial charge in [0.15, 0.2) is 0 Å². The van der Waals surface area contributed by atoms with Crippen molar-refractivity contribution in [1.29, 1.82) is 0 Å². The van der Waals surface area contributed by atoms with E-state index in [-0.39, 0.29) is 5.56 Å². The van der Waals surface area contributed by atoms with Gasteiger partial charge in [0.05, 0.1) is 23.5 Å². The molecule has 0 saturated heterocycles. The van der Waals surface area contributed by atoms with Gasteiger partial charge in [-0.25, -0.2) is 15.0 Å². The Balaban J connectivity index is 1.71. The van der Waals surface area contributed by atoms with Crippen LogP contribution in [0.25, 0.3) is 22.2 Å². The molecule has 2 aromatic heterocycles. The first-order chi connectivity index (χ1) is 14.0. The molecule has 0 saturated carbocycles. The Bertz CT molecular complexity index is 1250. The molecule has 0 aliphatic rings. The van der Waals surface area contributed by atoms with E-state index in [0.717, 1.165) is 33.5 Å². The molecule has 0 atom stereocenters. The third kappa shape index (κ3) is 3.94. The SMILES string of the molecule is CCOc1ccc2nc(Nc3nc(-c4ccccc4C)cc(=O)[nH]3)nc(C)c2c1. The fourth-order valence-corrected chi connectivity index (χ4v) is 3.19. The van der Waals surface area contributed by atoms with Crippen LogP contribution in [-0.2, 0) is 0 Å². The maximum Gasteiger partial charge on any atom is 0.252 e. The Morgan fingerprint density at radius 1 is 1.03 bits per heavy atom. The number of fused-ring (bicyclic) bond motifs is 1. The molecule has 2 N–H and O–H groups in total. The summed E-state index contributed by atoms with van der Waals surface area (Å²) in [5.74, 6) is 1.44. The molecule has 4 aromatic rings. The Morgan fingerprint density at radius 3 is 2.66 bits per heavy atom. The molecule has 0 aliphatic heterocycles. The summed E-state index contributed by atoms with van der Waals surface area (Å²) in [5.41, 5.74) is 3.87. The predicted molar refractivity (Wildman–Crippen MR) is 114 cm³/mol. The summed E-state index contributed by atoms with van der Waals surface area (Å²) in [7, 11) is 0. The zero-order chi connectivity index (χ0) is 20.4. The maximum absolute atomic E-state index is 12.2.